The van der Waals surface area contributed by atoms with E-state index < -0.39 is 10.0 Å². The first-order valence-electron chi connectivity index (χ1n) is 7.55. The number of anilines is 1. The number of likely N-dealkylation sites (N-methyl/N-ethyl adjacent to an activating group) is 1. The Morgan fingerprint density at radius 1 is 1.08 bits per heavy atom. The van der Waals surface area contributed by atoms with E-state index in [-0.39, 0.29) is 4.90 Å². The van der Waals surface area contributed by atoms with Gasteiger partial charge in [0.15, 0.2) is 0 Å². The highest BCUT2D eigenvalue weighted by Gasteiger charge is 2.16. The van der Waals surface area contributed by atoms with Crippen LogP contribution in [0.25, 0.3) is 0 Å². The molecule has 0 bridgehead atoms. The number of sulfonamides is 1. The van der Waals surface area contributed by atoms with Gasteiger partial charge in [-0.05, 0) is 50.8 Å². The largest absolute Gasteiger partial charge is 0.491 e. The van der Waals surface area contributed by atoms with E-state index in [0.717, 1.165) is 5.56 Å². The van der Waals surface area contributed by atoms with Crippen molar-refractivity contribution in [2.24, 2.45) is 0 Å². The molecular weight excluding hydrogens is 383 g/mol. The number of nitrogens with one attached hydrogen (secondary N) is 1. The third-order valence-electron chi connectivity index (χ3n) is 3.43. The molecule has 0 aliphatic rings. The van der Waals surface area contributed by atoms with Crippen molar-refractivity contribution in [3.05, 3.63) is 52.0 Å². The maximum Gasteiger partial charge on any atom is 0.261 e. The van der Waals surface area contributed by atoms with Gasteiger partial charge in [-0.3, -0.25) is 4.72 Å². The molecule has 0 unspecified atom stereocenters. The predicted molar refractivity (Wildman–Crippen MR) is 102 cm³/mol. The van der Waals surface area contributed by atoms with Crippen LogP contribution in [0.3, 0.4) is 0 Å². The summed E-state index contributed by atoms with van der Waals surface area (Å²) in [6, 6.07) is 9.32. The summed E-state index contributed by atoms with van der Waals surface area (Å²) in [5.74, 6) is 0.422. The van der Waals surface area contributed by atoms with Crippen molar-refractivity contribution in [2.45, 2.75) is 11.8 Å². The number of rotatable bonds is 7. The number of hydrogen-bond acceptors (Lipinski definition) is 4. The fourth-order valence-electron chi connectivity index (χ4n) is 1.97. The van der Waals surface area contributed by atoms with E-state index >= 15 is 0 Å². The van der Waals surface area contributed by atoms with E-state index in [0.29, 0.717) is 34.6 Å². The Bertz CT molecular complexity index is 855. The first-order valence-corrected chi connectivity index (χ1v) is 9.79. The summed E-state index contributed by atoms with van der Waals surface area (Å²) in [6.07, 6.45) is 0. The lowest BCUT2D eigenvalue weighted by Crippen LogP contribution is -2.19. The van der Waals surface area contributed by atoms with E-state index in [1.54, 1.807) is 24.3 Å². The van der Waals surface area contributed by atoms with Crippen LogP contribution in [-0.4, -0.2) is 40.6 Å². The Morgan fingerprint density at radius 2 is 1.80 bits per heavy atom. The summed E-state index contributed by atoms with van der Waals surface area (Å²) < 4.78 is 33.2. The van der Waals surface area contributed by atoms with E-state index in [1.807, 2.05) is 25.9 Å². The van der Waals surface area contributed by atoms with Gasteiger partial charge in [-0.15, -0.1) is 0 Å². The number of ether oxygens (including phenoxy) is 1. The summed E-state index contributed by atoms with van der Waals surface area (Å²) in [5, 5.41) is 0.812. The SMILES string of the molecule is Cc1ccc(S(=O)(=O)Nc2ccc(Cl)c(OCCN(C)C)c2)cc1Cl. The van der Waals surface area contributed by atoms with Crippen LogP contribution in [0.2, 0.25) is 10.0 Å². The smallest absolute Gasteiger partial charge is 0.261 e. The van der Waals surface area contributed by atoms with Gasteiger partial charge in [-0.2, -0.15) is 0 Å². The Labute approximate surface area is 158 Å². The summed E-state index contributed by atoms with van der Waals surface area (Å²) >= 11 is 12.1. The topological polar surface area (TPSA) is 58.6 Å². The molecule has 2 aromatic carbocycles. The minimum atomic E-state index is -3.76. The number of aryl methyl sites for hydroxylation is 1. The Kier molecular flexibility index (Phi) is 6.57. The number of hydrogen-bond donors (Lipinski definition) is 1. The second-order valence-corrected chi connectivity index (χ2v) is 8.31. The zero-order valence-electron chi connectivity index (χ0n) is 14.2. The predicted octanol–water partition coefficient (Wildman–Crippen LogP) is 4.04. The van der Waals surface area contributed by atoms with E-state index in [9.17, 15) is 8.42 Å². The summed E-state index contributed by atoms with van der Waals surface area (Å²) in [5.41, 5.74) is 1.17. The van der Waals surface area contributed by atoms with Crippen LogP contribution in [0.5, 0.6) is 5.75 Å². The zero-order valence-corrected chi connectivity index (χ0v) is 16.5. The van der Waals surface area contributed by atoms with Crippen LogP contribution in [0.1, 0.15) is 5.56 Å². The van der Waals surface area contributed by atoms with Crippen molar-refractivity contribution in [1.29, 1.82) is 0 Å². The molecule has 0 aliphatic heterocycles. The Balaban J connectivity index is 2.19. The molecule has 25 heavy (non-hydrogen) atoms. The molecule has 0 saturated carbocycles. The molecule has 0 radical (unpaired) electrons. The van der Waals surface area contributed by atoms with Gasteiger partial charge in [-0.1, -0.05) is 29.3 Å². The number of halogens is 2. The van der Waals surface area contributed by atoms with E-state index in [1.165, 1.54) is 12.1 Å². The average Bonchev–Trinajstić information content (AvgIpc) is 2.52. The van der Waals surface area contributed by atoms with Crippen molar-refractivity contribution in [3.8, 4) is 5.75 Å². The second kappa shape index (κ2) is 8.27. The third kappa shape index (κ3) is 5.51. The lowest BCUT2D eigenvalue weighted by molar-refractivity contribution is 0.261. The molecule has 2 aromatic rings. The highest BCUT2D eigenvalue weighted by atomic mass is 35.5. The monoisotopic (exact) mass is 402 g/mol. The van der Waals surface area contributed by atoms with Crippen LogP contribution in [0.15, 0.2) is 41.3 Å². The van der Waals surface area contributed by atoms with E-state index in [2.05, 4.69) is 4.72 Å². The van der Waals surface area contributed by atoms with Gasteiger partial charge in [0.05, 0.1) is 15.6 Å². The van der Waals surface area contributed by atoms with E-state index in [4.69, 9.17) is 27.9 Å². The van der Waals surface area contributed by atoms with Crippen molar-refractivity contribution >= 4 is 38.9 Å². The summed E-state index contributed by atoms with van der Waals surface area (Å²) in [4.78, 5) is 2.06. The first-order chi connectivity index (χ1) is 11.7. The van der Waals surface area contributed by atoms with Crippen LogP contribution >= 0.6 is 23.2 Å². The molecule has 2 rings (SSSR count). The van der Waals surface area contributed by atoms with Crippen molar-refractivity contribution in [1.82, 2.24) is 4.90 Å². The Morgan fingerprint density at radius 3 is 2.44 bits per heavy atom. The van der Waals surface area contributed by atoms with Crippen LogP contribution < -0.4 is 9.46 Å². The molecular formula is C17H20Cl2N2O3S. The molecule has 0 atom stereocenters. The fourth-order valence-corrected chi connectivity index (χ4v) is 3.46. The molecule has 5 nitrogen and oxygen atoms in total. The standard InChI is InChI=1S/C17H20Cl2N2O3S/c1-12-4-6-14(11-16(12)19)25(22,23)20-13-5-7-15(18)17(10-13)24-9-8-21(2)3/h4-7,10-11,20H,8-9H2,1-3H3. The normalized spacial score (nSPS) is 11.6. The van der Waals surface area contributed by atoms with Gasteiger partial charge in [-0.25, -0.2) is 8.42 Å². The van der Waals surface area contributed by atoms with Crippen LogP contribution in [0.4, 0.5) is 5.69 Å². The second-order valence-electron chi connectivity index (χ2n) is 5.81. The van der Waals surface area contributed by atoms with Crippen molar-refractivity contribution in [3.63, 3.8) is 0 Å². The number of nitrogens with zero attached hydrogens (tertiary/aromatic N) is 1. The molecule has 0 aliphatic carbocycles. The average molecular weight is 403 g/mol. The lowest BCUT2D eigenvalue weighted by atomic mass is 10.2. The molecule has 136 valence electrons. The molecule has 0 spiro atoms. The molecule has 1 N–H and O–H groups in total. The van der Waals surface area contributed by atoms with Crippen molar-refractivity contribution < 1.29 is 13.2 Å². The third-order valence-corrected chi connectivity index (χ3v) is 5.53. The summed E-state index contributed by atoms with van der Waals surface area (Å²) in [7, 11) is 0.108. The Hall–Kier alpha value is -1.47. The van der Waals surface area contributed by atoms with Crippen LogP contribution in [0, 0.1) is 6.92 Å². The van der Waals surface area contributed by atoms with Gasteiger partial charge in [0, 0.05) is 17.6 Å². The van der Waals surface area contributed by atoms with Crippen molar-refractivity contribution in [2.75, 3.05) is 32.0 Å². The lowest BCUT2D eigenvalue weighted by Gasteiger charge is -2.14. The maximum absolute atomic E-state index is 12.5. The number of benzene rings is 2. The molecule has 0 fully saturated rings. The molecule has 0 saturated heterocycles. The summed E-state index contributed by atoms with van der Waals surface area (Å²) in [6.45, 7) is 2.97. The molecule has 0 heterocycles. The van der Waals surface area contributed by atoms with Gasteiger partial charge >= 0.3 is 0 Å². The van der Waals surface area contributed by atoms with Gasteiger partial charge in [0.2, 0.25) is 0 Å². The molecule has 0 amide bonds. The zero-order chi connectivity index (χ0) is 18.6. The minimum absolute atomic E-state index is 0.0909. The quantitative estimate of drug-likeness (QED) is 0.758. The van der Waals surface area contributed by atoms with Gasteiger partial charge < -0.3 is 9.64 Å². The van der Waals surface area contributed by atoms with Gasteiger partial charge in [0.1, 0.15) is 12.4 Å². The first kappa shape index (κ1) is 19.8. The molecule has 8 heteroatoms. The highest BCUT2D eigenvalue weighted by molar-refractivity contribution is 7.92. The molecule has 0 aromatic heterocycles. The van der Waals surface area contributed by atoms with Crippen LogP contribution in [-0.2, 0) is 10.0 Å². The maximum atomic E-state index is 12.5. The minimum Gasteiger partial charge on any atom is -0.491 e. The highest BCUT2D eigenvalue weighted by Crippen LogP contribution is 2.29. The van der Waals surface area contributed by atoms with Gasteiger partial charge in [0.25, 0.3) is 10.0 Å². The fraction of sp³-hybridized carbons (Fsp3) is 0.294.